The lowest BCUT2D eigenvalue weighted by Crippen LogP contribution is -2.22. The van der Waals surface area contributed by atoms with Crippen LogP contribution in [0.2, 0.25) is 0 Å². The van der Waals surface area contributed by atoms with Crippen LogP contribution in [-0.2, 0) is 0 Å². The summed E-state index contributed by atoms with van der Waals surface area (Å²) < 4.78 is 1.42. The van der Waals surface area contributed by atoms with Crippen LogP contribution in [-0.4, -0.2) is 6.54 Å². The molecule has 1 atom stereocenters. The summed E-state index contributed by atoms with van der Waals surface area (Å²) in [4.78, 5) is 0. The maximum atomic E-state index is 3.65. The van der Waals surface area contributed by atoms with Crippen LogP contribution < -0.4 is 5.32 Å². The number of rotatable bonds is 4. The van der Waals surface area contributed by atoms with Gasteiger partial charge in [-0.1, -0.05) is 25.1 Å². The van der Waals surface area contributed by atoms with E-state index in [0.29, 0.717) is 6.04 Å². The van der Waals surface area contributed by atoms with E-state index < -0.39 is 0 Å². The van der Waals surface area contributed by atoms with Gasteiger partial charge in [0.1, 0.15) is 0 Å². The highest BCUT2D eigenvalue weighted by molar-refractivity contribution is 7.17. The summed E-state index contributed by atoms with van der Waals surface area (Å²) >= 11 is 1.87. The summed E-state index contributed by atoms with van der Waals surface area (Å²) in [5.74, 6) is 0.873. The Labute approximate surface area is 100 Å². The van der Waals surface area contributed by atoms with Crippen LogP contribution in [0.1, 0.15) is 31.4 Å². The van der Waals surface area contributed by atoms with Crippen molar-refractivity contribution >= 4 is 21.4 Å². The van der Waals surface area contributed by atoms with Crippen molar-refractivity contribution in [1.29, 1.82) is 0 Å². The molecule has 0 radical (unpaired) electrons. The fourth-order valence-corrected chi connectivity index (χ4v) is 3.42. The third-order valence-corrected chi connectivity index (χ3v) is 4.35. The Bertz CT molecular complexity index is 484. The average molecular weight is 231 g/mol. The lowest BCUT2D eigenvalue weighted by molar-refractivity contribution is 0.500. The van der Waals surface area contributed by atoms with E-state index in [9.17, 15) is 0 Å². The van der Waals surface area contributed by atoms with E-state index in [-0.39, 0.29) is 0 Å². The Kier molecular flexibility index (Phi) is 2.70. The molecule has 1 unspecified atom stereocenters. The fraction of sp³-hybridized carbons (Fsp3) is 0.429. The summed E-state index contributed by atoms with van der Waals surface area (Å²) in [7, 11) is 0. The van der Waals surface area contributed by atoms with Crippen LogP contribution in [0.5, 0.6) is 0 Å². The van der Waals surface area contributed by atoms with E-state index in [4.69, 9.17) is 0 Å². The molecule has 0 amide bonds. The molecule has 0 aliphatic heterocycles. The van der Waals surface area contributed by atoms with E-state index in [2.05, 4.69) is 41.9 Å². The van der Waals surface area contributed by atoms with Crippen molar-refractivity contribution in [2.24, 2.45) is 5.92 Å². The molecule has 1 aliphatic carbocycles. The van der Waals surface area contributed by atoms with Crippen molar-refractivity contribution in [1.82, 2.24) is 5.32 Å². The molecule has 16 heavy (non-hydrogen) atoms. The summed E-state index contributed by atoms with van der Waals surface area (Å²) in [6.07, 6.45) is 2.78. The molecule has 2 aromatic rings. The van der Waals surface area contributed by atoms with Gasteiger partial charge in [-0.2, -0.15) is 0 Å². The second-order valence-corrected chi connectivity index (χ2v) is 5.47. The zero-order valence-electron chi connectivity index (χ0n) is 9.57. The van der Waals surface area contributed by atoms with Crippen molar-refractivity contribution in [3.8, 4) is 0 Å². The predicted octanol–water partition coefficient (Wildman–Crippen LogP) is 3.96. The van der Waals surface area contributed by atoms with Gasteiger partial charge >= 0.3 is 0 Å². The van der Waals surface area contributed by atoms with Crippen LogP contribution >= 0.6 is 11.3 Å². The lowest BCUT2D eigenvalue weighted by Gasteiger charge is -2.16. The van der Waals surface area contributed by atoms with E-state index in [0.717, 1.165) is 12.5 Å². The first-order valence-electron chi connectivity index (χ1n) is 6.09. The minimum Gasteiger partial charge on any atom is -0.310 e. The summed E-state index contributed by atoms with van der Waals surface area (Å²) in [5, 5.41) is 7.44. The maximum absolute atomic E-state index is 3.65. The summed E-state index contributed by atoms with van der Waals surface area (Å²) in [6, 6.07) is 9.34. The van der Waals surface area contributed by atoms with E-state index >= 15 is 0 Å². The van der Waals surface area contributed by atoms with Crippen LogP contribution in [0, 0.1) is 5.92 Å². The minimum absolute atomic E-state index is 0.584. The van der Waals surface area contributed by atoms with Gasteiger partial charge in [0.15, 0.2) is 0 Å². The molecular formula is C14H17NS. The largest absolute Gasteiger partial charge is 0.310 e. The molecule has 2 heteroatoms. The lowest BCUT2D eigenvalue weighted by atomic mass is 10.0. The number of nitrogens with one attached hydrogen (secondary N) is 1. The smallest absolute Gasteiger partial charge is 0.0363 e. The molecule has 1 aromatic carbocycles. The quantitative estimate of drug-likeness (QED) is 0.839. The second kappa shape index (κ2) is 4.19. The molecule has 1 aromatic heterocycles. The highest BCUT2D eigenvalue weighted by Gasteiger charge is 2.32. The third kappa shape index (κ3) is 1.76. The SMILES string of the molecule is CCNC(c1csc2ccccc12)C1CC1. The number of fused-ring (bicyclic) bond motifs is 1. The number of hydrogen-bond donors (Lipinski definition) is 1. The Balaban J connectivity index is 2.02. The zero-order chi connectivity index (χ0) is 11.0. The van der Waals surface area contributed by atoms with Crippen molar-refractivity contribution in [2.45, 2.75) is 25.8 Å². The first-order valence-corrected chi connectivity index (χ1v) is 6.97. The molecule has 1 aliphatic rings. The van der Waals surface area contributed by atoms with Crippen LogP contribution in [0.25, 0.3) is 10.1 Å². The molecular weight excluding hydrogens is 214 g/mol. The molecule has 1 fully saturated rings. The minimum atomic E-state index is 0.584. The number of thiophene rings is 1. The Morgan fingerprint density at radius 2 is 2.19 bits per heavy atom. The third-order valence-electron chi connectivity index (χ3n) is 3.36. The molecule has 1 N–H and O–H groups in total. The summed E-state index contributed by atoms with van der Waals surface area (Å²) in [5.41, 5.74) is 1.52. The number of benzene rings is 1. The fourth-order valence-electron chi connectivity index (χ4n) is 2.42. The Morgan fingerprint density at radius 1 is 1.38 bits per heavy atom. The second-order valence-electron chi connectivity index (χ2n) is 4.56. The van der Waals surface area contributed by atoms with Crippen LogP contribution in [0.3, 0.4) is 0 Å². The molecule has 0 saturated heterocycles. The van der Waals surface area contributed by atoms with Gasteiger partial charge in [0.2, 0.25) is 0 Å². The first-order chi connectivity index (χ1) is 7.90. The van der Waals surface area contributed by atoms with Gasteiger partial charge in [-0.25, -0.2) is 0 Å². The molecule has 1 nitrogen and oxygen atoms in total. The van der Waals surface area contributed by atoms with Crippen molar-refractivity contribution in [3.63, 3.8) is 0 Å². The van der Waals surface area contributed by atoms with Crippen LogP contribution in [0.15, 0.2) is 29.6 Å². The predicted molar refractivity (Wildman–Crippen MR) is 71.0 cm³/mol. The normalized spacial score (nSPS) is 17.8. The van der Waals surface area contributed by atoms with Crippen molar-refractivity contribution in [2.75, 3.05) is 6.54 Å². The topological polar surface area (TPSA) is 12.0 Å². The highest BCUT2D eigenvalue weighted by Crippen LogP contribution is 2.44. The van der Waals surface area contributed by atoms with E-state index in [1.54, 1.807) is 0 Å². The molecule has 1 heterocycles. The summed E-state index contributed by atoms with van der Waals surface area (Å²) in [6.45, 7) is 3.26. The van der Waals surface area contributed by atoms with Gasteiger partial charge in [0.05, 0.1) is 0 Å². The van der Waals surface area contributed by atoms with Gasteiger partial charge in [0.25, 0.3) is 0 Å². The van der Waals surface area contributed by atoms with Crippen LogP contribution in [0.4, 0.5) is 0 Å². The molecule has 0 bridgehead atoms. The molecule has 3 rings (SSSR count). The van der Waals surface area contributed by atoms with E-state index in [1.807, 2.05) is 11.3 Å². The van der Waals surface area contributed by atoms with E-state index in [1.165, 1.54) is 28.5 Å². The monoisotopic (exact) mass is 231 g/mol. The maximum Gasteiger partial charge on any atom is 0.0363 e. The molecule has 1 saturated carbocycles. The first kappa shape index (κ1) is 10.3. The van der Waals surface area contributed by atoms with Gasteiger partial charge in [-0.05, 0) is 47.7 Å². The van der Waals surface area contributed by atoms with Crippen molar-refractivity contribution in [3.05, 3.63) is 35.2 Å². The van der Waals surface area contributed by atoms with Gasteiger partial charge in [-0.15, -0.1) is 11.3 Å². The highest BCUT2D eigenvalue weighted by atomic mass is 32.1. The van der Waals surface area contributed by atoms with Gasteiger partial charge < -0.3 is 5.32 Å². The average Bonchev–Trinajstić information content (AvgIpc) is 3.06. The Hall–Kier alpha value is -0.860. The Morgan fingerprint density at radius 3 is 2.94 bits per heavy atom. The molecule has 0 spiro atoms. The van der Waals surface area contributed by atoms with Gasteiger partial charge in [0, 0.05) is 10.7 Å². The zero-order valence-corrected chi connectivity index (χ0v) is 10.4. The number of hydrogen-bond acceptors (Lipinski definition) is 2. The standard InChI is InChI=1S/C14H17NS/c1-2-15-14(10-7-8-10)12-9-16-13-6-4-3-5-11(12)13/h3-6,9-10,14-15H,2,7-8H2,1H3. The van der Waals surface area contributed by atoms with Gasteiger partial charge in [-0.3, -0.25) is 0 Å². The molecule has 84 valence electrons. The van der Waals surface area contributed by atoms with Crippen molar-refractivity contribution < 1.29 is 0 Å².